The van der Waals surface area contributed by atoms with E-state index in [9.17, 15) is 18.0 Å². The fourth-order valence-corrected chi connectivity index (χ4v) is 3.13. The van der Waals surface area contributed by atoms with Crippen molar-refractivity contribution in [2.24, 2.45) is 5.92 Å². The van der Waals surface area contributed by atoms with Crippen molar-refractivity contribution in [2.75, 3.05) is 20.2 Å². The Hall–Kier alpha value is -2.19. The monoisotopic (exact) mass is 380 g/mol. The maximum absolute atomic E-state index is 12.2. The number of sulfonamides is 1. The lowest BCUT2D eigenvalue weighted by Gasteiger charge is -2.15. The van der Waals surface area contributed by atoms with Gasteiger partial charge in [-0.3, -0.25) is 9.59 Å². The van der Waals surface area contributed by atoms with E-state index in [2.05, 4.69) is 5.32 Å². The van der Waals surface area contributed by atoms with E-state index in [-0.39, 0.29) is 11.9 Å². The van der Waals surface area contributed by atoms with Crippen LogP contribution in [0.25, 0.3) is 6.08 Å². The second kappa shape index (κ2) is 8.95. The van der Waals surface area contributed by atoms with Crippen molar-refractivity contribution in [3.8, 4) is 0 Å². The molecular formula is C18H24N2O5S. The van der Waals surface area contributed by atoms with E-state index in [1.54, 1.807) is 24.3 Å². The molecule has 142 valence electrons. The molecule has 0 radical (unpaired) electrons. The molecule has 8 heteroatoms. The number of nitrogens with one attached hydrogen (secondary N) is 1. The van der Waals surface area contributed by atoms with E-state index in [0.29, 0.717) is 5.92 Å². The Labute approximate surface area is 154 Å². The van der Waals surface area contributed by atoms with Crippen LogP contribution in [-0.4, -0.2) is 50.8 Å². The summed E-state index contributed by atoms with van der Waals surface area (Å²) in [6.45, 7) is 1.04. The Balaban J connectivity index is 1.77. The average Bonchev–Trinajstić information content (AvgIpc) is 3.44. The van der Waals surface area contributed by atoms with Gasteiger partial charge in [-0.05, 0) is 37.3 Å². The lowest BCUT2D eigenvalue weighted by Crippen LogP contribution is -2.38. The van der Waals surface area contributed by atoms with Crippen molar-refractivity contribution >= 4 is 28.0 Å². The third kappa shape index (κ3) is 6.61. The molecule has 0 saturated heterocycles. The number of hydrogen-bond acceptors (Lipinski definition) is 5. The highest BCUT2D eigenvalue weighted by Gasteiger charge is 2.29. The first-order valence-corrected chi connectivity index (χ1v) is 9.92. The minimum absolute atomic E-state index is 0.0624. The summed E-state index contributed by atoms with van der Waals surface area (Å²) < 4.78 is 30.0. The average molecular weight is 380 g/mol. The van der Waals surface area contributed by atoms with Crippen LogP contribution < -0.4 is 5.32 Å². The Morgan fingerprint density at radius 2 is 1.96 bits per heavy atom. The highest BCUT2D eigenvalue weighted by Crippen LogP contribution is 2.32. The van der Waals surface area contributed by atoms with E-state index >= 15 is 0 Å². The number of amides is 1. The number of carbonyl (C=O) groups is 2. The fraction of sp³-hybridized carbons (Fsp3) is 0.444. The number of ether oxygens (including phenoxy) is 1. The molecule has 1 N–H and O–H groups in total. The number of rotatable bonds is 9. The van der Waals surface area contributed by atoms with Crippen molar-refractivity contribution in [3.05, 3.63) is 41.3 Å². The summed E-state index contributed by atoms with van der Waals surface area (Å²) in [5, 5.41) is 3.79. The maximum Gasteiger partial charge on any atom is 0.321 e. The minimum Gasteiger partial charge on any atom is -0.455 e. The Morgan fingerprint density at radius 3 is 2.58 bits per heavy atom. The standard InChI is InChI=1S/C18H24N2O5S/c1-14(16-8-9-16)19-17(21)13-25-18(22)12-20(2)26(23,24)11-10-15-6-4-3-5-7-15/h3-7,10-11,14,16H,8-9,12-13H2,1-2H3,(H,19,21)/b11-10+/t14-/m0/s1. The Bertz CT molecular complexity index is 757. The highest BCUT2D eigenvalue weighted by atomic mass is 32.2. The molecule has 1 aliphatic carbocycles. The number of likely N-dealkylation sites (N-methyl/N-ethyl adjacent to an activating group) is 1. The molecule has 1 fully saturated rings. The normalized spacial score (nSPS) is 15.8. The minimum atomic E-state index is -3.76. The van der Waals surface area contributed by atoms with Gasteiger partial charge in [-0.2, -0.15) is 4.31 Å². The second-order valence-corrected chi connectivity index (χ2v) is 8.29. The molecule has 1 aliphatic rings. The van der Waals surface area contributed by atoms with Gasteiger partial charge in [0.25, 0.3) is 5.91 Å². The number of esters is 1. The van der Waals surface area contributed by atoms with Crippen LogP contribution in [0.5, 0.6) is 0 Å². The molecule has 1 amide bonds. The molecule has 0 aliphatic heterocycles. The van der Waals surface area contributed by atoms with Gasteiger partial charge in [0.2, 0.25) is 10.0 Å². The van der Waals surface area contributed by atoms with E-state index in [1.807, 2.05) is 13.0 Å². The summed E-state index contributed by atoms with van der Waals surface area (Å²) in [5.74, 6) is -0.659. The smallest absolute Gasteiger partial charge is 0.321 e. The molecule has 0 unspecified atom stereocenters. The number of hydrogen-bond donors (Lipinski definition) is 1. The van der Waals surface area contributed by atoms with Crippen molar-refractivity contribution in [1.82, 2.24) is 9.62 Å². The SMILES string of the molecule is C[C@H](NC(=O)COC(=O)CN(C)S(=O)(=O)/C=C/c1ccccc1)C1CC1. The zero-order valence-electron chi connectivity index (χ0n) is 14.9. The highest BCUT2D eigenvalue weighted by molar-refractivity contribution is 7.92. The van der Waals surface area contributed by atoms with Crippen LogP contribution >= 0.6 is 0 Å². The van der Waals surface area contributed by atoms with Crippen molar-refractivity contribution in [1.29, 1.82) is 0 Å². The second-order valence-electron chi connectivity index (χ2n) is 6.37. The van der Waals surface area contributed by atoms with Crippen LogP contribution in [-0.2, 0) is 24.3 Å². The molecular weight excluding hydrogens is 356 g/mol. The van der Waals surface area contributed by atoms with Crippen molar-refractivity contribution in [2.45, 2.75) is 25.8 Å². The lowest BCUT2D eigenvalue weighted by molar-refractivity contribution is -0.148. The molecule has 26 heavy (non-hydrogen) atoms. The van der Waals surface area contributed by atoms with Gasteiger partial charge in [-0.15, -0.1) is 0 Å². The number of nitrogens with zero attached hydrogens (tertiary/aromatic N) is 1. The van der Waals surface area contributed by atoms with Crippen molar-refractivity contribution in [3.63, 3.8) is 0 Å². The zero-order valence-corrected chi connectivity index (χ0v) is 15.7. The Kier molecular flexibility index (Phi) is 6.93. The molecule has 1 aromatic carbocycles. The van der Waals surface area contributed by atoms with Gasteiger partial charge in [-0.1, -0.05) is 30.3 Å². The van der Waals surface area contributed by atoms with E-state index in [0.717, 1.165) is 28.1 Å². The first-order chi connectivity index (χ1) is 12.3. The lowest BCUT2D eigenvalue weighted by atomic mass is 10.2. The first-order valence-electron chi connectivity index (χ1n) is 8.42. The third-order valence-corrected chi connectivity index (χ3v) is 5.58. The molecule has 0 spiro atoms. The molecule has 2 rings (SSSR count). The molecule has 1 atom stereocenters. The summed E-state index contributed by atoms with van der Waals surface area (Å²) in [5.41, 5.74) is 0.730. The maximum atomic E-state index is 12.2. The quantitative estimate of drug-likeness (QED) is 0.653. The van der Waals surface area contributed by atoms with Crippen LogP contribution in [0.4, 0.5) is 0 Å². The van der Waals surface area contributed by atoms with E-state index < -0.39 is 29.1 Å². The van der Waals surface area contributed by atoms with E-state index in [4.69, 9.17) is 4.74 Å². The van der Waals surface area contributed by atoms with Crippen LogP contribution in [0.2, 0.25) is 0 Å². The molecule has 0 aromatic heterocycles. The summed E-state index contributed by atoms with van der Waals surface area (Å²) >= 11 is 0. The molecule has 0 heterocycles. The van der Waals surface area contributed by atoms with Gasteiger partial charge < -0.3 is 10.1 Å². The predicted molar refractivity (Wildman–Crippen MR) is 98.3 cm³/mol. The van der Waals surface area contributed by atoms with Gasteiger partial charge in [0, 0.05) is 18.5 Å². The van der Waals surface area contributed by atoms with E-state index in [1.165, 1.54) is 13.1 Å². The fourth-order valence-electron chi connectivity index (χ4n) is 2.31. The summed E-state index contributed by atoms with van der Waals surface area (Å²) in [6, 6.07) is 9.01. The summed E-state index contributed by atoms with van der Waals surface area (Å²) in [7, 11) is -2.48. The summed E-state index contributed by atoms with van der Waals surface area (Å²) in [4.78, 5) is 23.5. The first kappa shape index (κ1) is 20.1. The molecule has 1 aromatic rings. The van der Waals surface area contributed by atoms with Gasteiger partial charge in [-0.25, -0.2) is 8.42 Å². The topological polar surface area (TPSA) is 92.8 Å². The van der Waals surface area contributed by atoms with Crippen LogP contribution in [0.15, 0.2) is 35.7 Å². The largest absolute Gasteiger partial charge is 0.455 e. The van der Waals surface area contributed by atoms with Crippen molar-refractivity contribution < 1.29 is 22.7 Å². The van der Waals surface area contributed by atoms with Crippen LogP contribution in [0, 0.1) is 5.92 Å². The number of benzene rings is 1. The predicted octanol–water partition coefficient (Wildman–Crippen LogP) is 1.38. The number of carbonyl (C=O) groups excluding carboxylic acids is 2. The van der Waals surface area contributed by atoms with Gasteiger partial charge in [0.15, 0.2) is 6.61 Å². The van der Waals surface area contributed by atoms with Gasteiger partial charge >= 0.3 is 5.97 Å². The molecule has 7 nitrogen and oxygen atoms in total. The summed E-state index contributed by atoms with van der Waals surface area (Å²) in [6.07, 6.45) is 3.64. The molecule has 1 saturated carbocycles. The van der Waals surface area contributed by atoms with Gasteiger partial charge in [0.1, 0.15) is 6.54 Å². The Morgan fingerprint density at radius 1 is 1.31 bits per heavy atom. The molecule has 0 bridgehead atoms. The zero-order chi connectivity index (χ0) is 19.2. The van der Waals surface area contributed by atoms with Gasteiger partial charge in [0.05, 0.1) is 0 Å². The third-order valence-electron chi connectivity index (χ3n) is 4.10. The van der Waals surface area contributed by atoms with Crippen LogP contribution in [0.3, 0.4) is 0 Å². The van der Waals surface area contributed by atoms with Crippen LogP contribution in [0.1, 0.15) is 25.3 Å².